The second-order valence-electron chi connectivity index (χ2n) is 5.04. The van der Waals surface area contributed by atoms with Crippen LogP contribution in [0.25, 0.3) is 0 Å². The highest BCUT2D eigenvalue weighted by Crippen LogP contribution is 2.27. The van der Waals surface area contributed by atoms with E-state index < -0.39 is 0 Å². The summed E-state index contributed by atoms with van der Waals surface area (Å²) in [4.78, 5) is 0. The van der Waals surface area contributed by atoms with Gasteiger partial charge in [-0.15, -0.1) is 10.2 Å². The number of rotatable bonds is 3. The lowest BCUT2D eigenvalue weighted by molar-refractivity contribution is 0.497. The molecule has 0 fully saturated rings. The Bertz CT molecular complexity index is 514. The molecule has 1 aromatic heterocycles. The van der Waals surface area contributed by atoms with E-state index in [4.69, 9.17) is 5.73 Å². The Morgan fingerprint density at radius 1 is 1.35 bits per heavy atom. The first-order valence-corrected chi connectivity index (χ1v) is 5.68. The third kappa shape index (κ3) is 2.46. The molecule has 2 rings (SSSR count). The molecule has 0 radical (unpaired) electrons. The normalized spacial score (nSPS) is 11.7. The molecule has 2 aromatic rings. The molecule has 0 amide bonds. The van der Waals surface area contributed by atoms with Gasteiger partial charge in [0, 0.05) is 19.2 Å². The first-order chi connectivity index (χ1) is 7.99. The number of benzene rings is 1. The van der Waals surface area contributed by atoms with Crippen molar-refractivity contribution in [2.24, 2.45) is 7.05 Å². The average molecular weight is 230 g/mol. The summed E-state index contributed by atoms with van der Waals surface area (Å²) in [5, 5.41) is 8.04. The molecule has 17 heavy (non-hydrogen) atoms. The smallest absolute Gasteiger partial charge is 0.133 e. The molecule has 4 nitrogen and oxygen atoms in total. The van der Waals surface area contributed by atoms with Crippen molar-refractivity contribution in [2.75, 3.05) is 5.73 Å². The van der Waals surface area contributed by atoms with Gasteiger partial charge in [0.2, 0.25) is 0 Å². The maximum absolute atomic E-state index is 5.83. The van der Waals surface area contributed by atoms with Gasteiger partial charge in [0.25, 0.3) is 0 Å². The van der Waals surface area contributed by atoms with Gasteiger partial charge < -0.3 is 10.3 Å². The molecule has 4 heteroatoms. The van der Waals surface area contributed by atoms with Crippen LogP contribution in [0.1, 0.15) is 25.2 Å². The van der Waals surface area contributed by atoms with Crippen LogP contribution in [-0.4, -0.2) is 14.8 Å². The van der Waals surface area contributed by atoms with Crippen LogP contribution in [0, 0.1) is 0 Å². The Kier molecular flexibility index (Phi) is 2.88. The summed E-state index contributed by atoms with van der Waals surface area (Å²) in [6.45, 7) is 4.38. The van der Waals surface area contributed by atoms with Gasteiger partial charge in [0.05, 0.1) is 0 Å². The van der Waals surface area contributed by atoms with Gasteiger partial charge in [0.15, 0.2) is 0 Å². The van der Waals surface area contributed by atoms with E-state index in [-0.39, 0.29) is 5.41 Å². The fourth-order valence-electron chi connectivity index (χ4n) is 1.92. The summed E-state index contributed by atoms with van der Waals surface area (Å²) >= 11 is 0. The zero-order valence-corrected chi connectivity index (χ0v) is 10.5. The highest BCUT2D eigenvalue weighted by Gasteiger charge is 2.23. The summed E-state index contributed by atoms with van der Waals surface area (Å²) in [5.41, 5.74) is 7.84. The fraction of sp³-hybridized carbons (Fsp3) is 0.385. The van der Waals surface area contributed by atoms with E-state index in [2.05, 4.69) is 30.1 Å². The van der Waals surface area contributed by atoms with Crippen LogP contribution in [0.4, 0.5) is 5.69 Å². The number of aromatic nitrogens is 3. The summed E-state index contributed by atoms with van der Waals surface area (Å²) in [5.74, 6) is 0.984. The SMILES string of the molecule is Cn1cnnc1CC(C)(C)c1cccc(N)c1. The minimum absolute atomic E-state index is 0.00380. The van der Waals surface area contributed by atoms with E-state index in [1.165, 1.54) is 5.56 Å². The molecule has 0 spiro atoms. The van der Waals surface area contributed by atoms with E-state index in [9.17, 15) is 0 Å². The largest absolute Gasteiger partial charge is 0.399 e. The van der Waals surface area contributed by atoms with Crippen molar-refractivity contribution in [1.29, 1.82) is 0 Å². The lowest BCUT2D eigenvalue weighted by Gasteiger charge is -2.24. The van der Waals surface area contributed by atoms with E-state index in [0.29, 0.717) is 0 Å². The molecule has 0 aliphatic carbocycles. The molecule has 0 saturated heterocycles. The third-order valence-corrected chi connectivity index (χ3v) is 3.07. The lowest BCUT2D eigenvalue weighted by atomic mass is 9.81. The molecule has 90 valence electrons. The number of hydrogen-bond acceptors (Lipinski definition) is 3. The van der Waals surface area contributed by atoms with Crippen molar-refractivity contribution in [3.05, 3.63) is 42.0 Å². The van der Waals surface area contributed by atoms with E-state index in [0.717, 1.165) is 17.9 Å². The van der Waals surface area contributed by atoms with Crippen molar-refractivity contribution >= 4 is 5.69 Å². The Labute approximate surface area is 101 Å². The van der Waals surface area contributed by atoms with Gasteiger partial charge in [-0.05, 0) is 23.1 Å². The molecule has 0 aliphatic rings. The van der Waals surface area contributed by atoms with Crippen molar-refractivity contribution in [2.45, 2.75) is 25.7 Å². The maximum atomic E-state index is 5.83. The second-order valence-corrected chi connectivity index (χ2v) is 5.04. The van der Waals surface area contributed by atoms with Gasteiger partial charge in [-0.1, -0.05) is 26.0 Å². The lowest BCUT2D eigenvalue weighted by Crippen LogP contribution is -2.22. The van der Waals surface area contributed by atoms with Gasteiger partial charge >= 0.3 is 0 Å². The van der Waals surface area contributed by atoms with E-state index in [1.54, 1.807) is 6.33 Å². The summed E-state index contributed by atoms with van der Waals surface area (Å²) in [6, 6.07) is 8.02. The van der Waals surface area contributed by atoms with Gasteiger partial charge in [0.1, 0.15) is 12.2 Å². The summed E-state index contributed by atoms with van der Waals surface area (Å²) in [6.07, 6.45) is 2.57. The number of anilines is 1. The molecular formula is C13H18N4. The zero-order valence-electron chi connectivity index (χ0n) is 10.5. The number of hydrogen-bond donors (Lipinski definition) is 1. The predicted octanol–water partition coefficient (Wildman–Crippen LogP) is 1.92. The van der Waals surface area contributed by atoms with Crippen molar-refractivity contribution < 1.29 is 0 Å². The van der Waals surface area contributed by atoms with E-state index in [1.807, 2.05) is 29.8 Å². The minimum Gasteiger partial charge on any atom is -0.399 e. The molecule has 0 atom stereocenters. The zero-order chi connectivity index (χ0) is 12.5. The highest BCUT2D eigenvalue weighted by atomic mass is 15.2. The maximum Gasteiger partial charge on any atom is 0.133 e. The first kappa shape index (κ1) is 11.6. The Morgan fingerprint density at radius 2 is 2.12 bits per heavy atom. The molecule has 0 unspecified atom stereocenters. The fourth-order valence-corrected chi connectivity index (χ4v) is 1.92. The quantitative estimate of drug-likeness (QED) is 0.819. The molecule has 0 aliphatic heterocycles. The Hall–Kier alpha value is -1.84. The van der Waals surface area contributed by atoms with Gasteiger partial charge in [-0.2, -0.15) is 0 Å². The van der Waals surface area contributed by atoms with Crippen molar-refractivity contribution in [3.63, 3.8) is 0 Å². The van der Waals surface area contributed by atoms with Gasteiger partial charge in [-0.3, -0.25) is 0 Å². The first-order valence-electron chi connectivity index (χ1n) is 5.68. The number of nitrogens with zero attached hydrogens (tertiary/aromatic N) is 3. The molecule has 1 aromatic carbocycles. The van der Waals surface area contributed by atoms with Crippen LogP contribution in [0.5, 0.6) is 0 Å². The van der Waals surface area contributed by atoms with Crippen LogP contribution in [0.15, 0.2) is 30.6 Å². The van der Waals surface area contributed by atoms with Crippen LogP contribution in [0.2, 0.25) is 0 Å². The second kappa shape index (κ2) is 4.20. The molecular weight excluding hydrogens is 212 g/mol. The van der Waals surface area contributed by atoms with E-state index >= 15 is 0 Å². The Balaban J connectivity index is 2.27. The van der Waals surface area contributed by atoms with Crippen LogP contribution in [0.3, 0.4) is 0 Å². The number of nitrogen functional groups attached to an aromatic ring is 1. The molecule has 1 heterocycles. The van der Waals surface area contributed by atoms with Crippen molar-refractivity contribution in [3.8, 4) is 0 Å². The molecule has 0 saturated carbocycles. The topological polar surface area (TPSA) is 56.7 Å². The van der Waals surface area contributed by atoms with Crippen LogP contribution in [-0.2, 0) is 18.9 Å². The number of nitrogens with two attached hydrogens (primary N) is 1. The number of aryl methyl sites for hydroxylation is 1. The van der Waals surface area contributed by atoms with Crippen LogP contribution < -0.4 is 5.73 Å². The average Bonchev–Trinajstić information content (AvgIpc) is 2.64. The minimum atomic E-state index is -0.00380. The standard InChI is InChI=1S/C13H18N4/c1-13(2,8-12-16-15-9-17(12)3)10-5-4-6-11(14)7-10/h4-7,9H,8,14H2,1-3H3. The summed E-state index contributed by atoms with van der Waals surface area (Å²) < 4.78 is 1.95. The molecule has 0 bridgehead atoms. The van der Waals surface area contributed by atoms with Crippen molar-refractivity contribution in [1.82, 2.24) is 14.8 Å². The molecule has 2 N–H and O–H groups in total. The van der Waals surface area contributed by atoms with Gasteiger partial charge in [-0.25, -0.2) is 0 Å². The third-order valence-electron chi connectivity index (χ3n) is 3.07. The monoisotopic (exact) mass is 230 g/mol. The highest BCUT2D eigenvalue weighted by molar-refractivity contribution is 5.43. The van der Waals surface area contributed by atoms with Crippen LogP contribution >= 0.6 is 0 Å². The predicted molar refractivity (Wildman–Crippen MR) is 68.6 cm³/mol. The summed E-state index contributed by atoms with van der Waals surface area (Å²) in [7, 11) is 1.96. The Morgan fingerprint density at radius 3 is 2.71 bits per heavy atom.